The van der Waals surface area contributed by atoms with Crippen LogP contribution >= 0.6 is 0 Å². The van der Waals surface area contributed by atoms with Crippen LogP contribution in [0.4, 0.5) is 14.7 Å². The first-order valence-corrected chi connectivity index (χ1v) is 7.84. The van der Waals surface area contributed by atoms with Gasteiger partial charge in [-0.2, -0.15) is 10.1 Å². The molecule has 3 aromatic rings. The predicted molar refractivity (Wildman–Crippen MR) is 92.4 cm³/mol. The fourth-order valence-corrected chi connectivity index (χ4v) is 2.68. The van der Waals surface area contributed by atoms with E-state index in [0.29, 0.717) is 0 Å². The highest BCUT2D eigenvalue weighted by Crippen LogP contribution is 2.28. The van der Waals surface area contributed by atoms with Crippen molar-refractivity contribution in [3.05, 3.63) is 51.4 Å². The van der Waals surface area contributed by atoms with Crippen LogP contribution in [0.15, 0.2) is 29.1 Å². The van der Waals surface area contributed by atoms with Gasteiger partial charge < -0.3 is 4.90 Å². The molecule has 1 N–H and O–H groups in total. The average Bonchev–Trinajstić information content (AvgIpc) is 2.95. The van der Waals surface area contributed by atoms with E-state index in [9.17, 15) is 13.6 Å². The molecule has 0 amide bonds. The first kappa shape index (κ1) is 17.1. The Morgan fingerprint density at radius 2 is 1.84 bits per heavy atom. The van der Waals surface area contributed by atoms with Gasteiger partial charge in [-0.1, -0.05) is 29.8 Å². The Kier molecular flexibility index (Phi) is 4.28. The highest BCUT2D eigenvalue weighted by molar-refractivity contribution is 5.79. The molecule has 6 nitrogen and oxygen atoms in total. The quantitative estimate of drug-likeness (QED) is 0.788. The zero-order valence-electron chi connectivity index (χ0n) is 14.4. The summed E-state index contributed by atoms with van der Waals surface area (Å²) in [6.45, 7) is 3.81. The summed E-state index contributed by atoms with van der Waals surface area (Å²) in [6.07, 6.45) is -2.86. The number of halogens is 2. The minimum Gasteiger partial charge on any atom is -0.348 e. The summed E-state index contributed by atoms with van der Waals surface area (Å²) in [6, 6.07) is 7.36. The molecule has 0 bridgehead atoms. The number of rotatable bonds is 4. The van der Waals surface area contributed by atoms with Crippen molar-refractivity contribution in [2.75, 3.05) is 19.0 Å². The Balaban J connectivity index is 2.26. The number of H-pyrrole nitrogens is 1. The first-order chi connectivity index (χ1) is 11.8. The number of hydrogen-bond acceptors (Lipinski definition) is 4. The maximum atomic E-state index is 13.4. The molecule has 1 atom stereocenters. The normalized spacial score (nSPS) is 12.8. The van der Waals surface area contributed by atoms with E-state index in [0.717, 1.165) is 11.1 Å². The standard InChI is InChI=1S/C17H19F2N5O/c1-9-5-7-11(8-6-9)10(2)24-15-12(13(22-24)14(18)19)16(25)21-17(20-15)23(3)4/h5-8,10,14H,1-4H3,(H,20,21,25)/t10-/m0/s1. The third kappa shape index (κ3) is 2.99. The maximum absolute atomic E-state index is 13.4. The second-order valence-electron chi connectivity index (χ2n) is 6.20. The van der Waals surface area contributed by atoms with E-state index in [1.165, 1.54) is 4.68 Å². The predicted octanol–water partition coefficient (Wildman–Crippen LogP) is 3.04. The number of nitrogens with one attached hydrogen (secondary N) is 1. The van der Waals surface area contributed by atoms with Crippen molar-refractivity contribution in [2.24, 2.45) is 0 Å². The van der Waals surface area contributed by atoms with Gasteiger partial charge in [-0.3, -0.25) is 9.78 Å². The Morgan fingerprint density at radius 1 is 1.20 bits per heavy atom. The van der Waals surface area contributed by atoms with Gasteiger partial charge >= 0.3 is 0 Å². The number of benzene rings is 1. The molecule has 0 aliphatic heterocycles. The lowest BCUT2D eigenvalue weighted by Crippen LogP contribution is -2.20. The SMILES string of the molecule is Cc1ccc([C@H](C)n2nc(C(F)F)c3c(=O)[nH]c(N(C)C)nc32)cc1. The highest BCUT2D eigenvalue weighted by Gasteiger charge is 2.25. The molecule has 0 radical (unpaired) electrons. The van der Waals surface area contributed by atoms with Crippen LogP contribution in [0.2, 0.25) is 0 Å². The molecule has 132 valence electrons. The van der Waals surface area contributed by atoms with Crippen LogP contribution in [0.5, 0.6) is 0 Å². The van der Waals surface area contributed by atoms with Crippen LogP contribution < -0.4 is 10.5 Å². The fourth-order valence-electron chi connectivity index (χ4n) is 2.68. The Hall–Kier alpha value is -2.77. The summed E-state index contributed by atoms with van der Waals surface area (Å²) >= 11 is 0. The van der Waals surface area contributed by atoms with Crippen LogP contribution in [-0.2, 0) is 0 Å². The van der Waals surface area contributed by atoms with Gasteiger partial charge in [0.05, 0.1) is 6.04 Å². The van der Waals surface area contributed by atoms with Crippen LogP contribution in [0.3, 0.4) is 0 Å². The molecule has 3 rings (SSSR count). The molecule has 0 saturated heterocycles. The topological polar surface area (TPSA) is 66.8 Å². The molecule has 8 heteroatoms. The van der Waals surface area contributed by atoms with Gasteiger partial charge in [0.2, 0.25) is 5.95 Å². The lowest BCUT2D eigenvalue weighted by molar-refractivity contribution is 0.146. The Morgan fingerprint density at radius 3 is 2.40 bits per heavy atom. The average molecular weight is 347 g/mol. The van der Waals surface area contributed by atoms with E-state index in [4.69, 9.17) is 0 Å². The lowest BCUT2D eigenvalue weighted by atomic mass is 10.1. The second kappa shape index (κ2) is 6.27. The summed E-state index contributed by atoms with van der Waals surface area (Å²) in [4.78, 5) is 20.8. The van der Waals surface area contributed by atoms with Crippen molar-refractivity contribution in [1.82, 2.24) is 19.7 Å². The van der Waals surface area contributed by atoms with E-state index >= 15 is 0 Å². The largest absolute Gasteiger partial charge is 0.348 e. The molecule has 2 aromatic heterocycles. The zero-order valence-corrected chi connectivity index (χ0v) is 14.4. The molecular formula is C17H19F2N5O. The van der Waals surface area contributed by atoms with Crippen LogP contribution in [0.1, 0.15) is 36.2 Å². The molecule has 0 fully saturated rings. The van der Waals surface area contributed by atoms with Gasteiger partial charge in [-0.25, -0.2) is 13.5 Å². The summed E-state index contributed by atoms with van der Waals surface area (Å²) in [5.74, 6) is 0.288. The summed E-state index contributed by atoms with van der Waals surface area (Å²) < 4.78 is 28.2. The molecule has 0 unspecified atom stereocenters. The number of aryl methyl sites for hydroxylation is 1. The molecular weight excluding hydrogens is 328 g/mol. The molecule has 25 heavy (non-hydrogen) atoms. The van der Waals surface area contributed by atoms with Gasteiger partial charge in [-0.15, -0.1) is 0 Å². The Labute approximate surface area is 143 Å². The Bertz CT molecular complexity index is 960. The van der Waals surface area contributed by atoms with Crippen molar-refractivity contribution in [3.8, 4) is 0 Å². The molecule has 0 aliphatic carbocycles. The number of alkyl halides is 2. The monoisotopic (exact) mass is 347 g/mol. The summed E-state index contributed by atoms with van der Waals surface area (Å²) in [5, 5.41) is 3.85. The number of anilines is 1. The summed E-state index contributed by atoms with van der Waals surface area (Å²) in [5.41, 5.74) is 0.971. The molecule has 2 heterocycles. The van der Waals surface area contributed by atoms with Crippen molar-refractivity contribution < 1.29 is 8.78 Å². The van der Waals surface area contributed by atoms with Gasteiger partial charge in [0.1, 0.15) is 11.1 Å². The number of aromatic amines is 1. The number of nitrogens with zero attached hydrogens (tertiary/aromatic N) is 4. The molecule has 1 aromatic carbocycles. The van der Waals surface area contributed by atoms with E-state index in [1.807, 2.05) is 38.1 Å². The maximum Gasteiger partial charge on any atom is 0.283 e. The van der Waals surface area contributed by atoms with Gasteiger partial charge in [0, 0.05) is 14.1 Å². The van der Waals surface area contributed by atoms with Crippen LogP contribution in [0.25, 0.3) is 11.0 Å². The van der Waals surface area contributed by atoms with Gasteiger partial charge in [0.25, 0.3) is 12.0 Å². The third-order valence-electron chi connectivity index (χ3n) is 4.13. The minimum atomic E-state index is -2.86. The van der Waals surface area contributed by atoms with Crippen molar-refractivity contribution in [1.29, 1.82) is 0 Å². The third-order valence-corrected chi connectivity index (χ3v) is 4.13. The van der Waals surface area contributed by atoms with Gasteiger partial charge in [-0.05, 0) is 19.4 Å². The smallest absolute Gasteiger partial charge is 0.283 e. The number of hydrogen-bond donors (Lipinski definition) is 1. The van der Waals surface area contributed by atoms with Gasteiger partial charge in [0.15, 0.2) is 5.65 Å². The fraction of sp³-hybridized carbons (Fsp3) is 0.353. The van der Waals surface area contributed by atoms with Crippen LogP contribution in [0, 0.1) is 6.92 Å². The molecule has 0 saturated carbocycles. The first-order valence-electron chi connectivity index (χ1n) is 7.84. The molecule has 0 spiro atoms. The number of aromatic nitrogens is 4. The van der Waals surface area contributed by atoms with E-state index in [-0.39, 0.29) is 23.0 Å². The van der Waals surface area contributed by atoms with Crippen molar-refractivity contribution in [3.63, 3.8) is 0 Å². The zero-order chi connectivity index (χ0) is 18.3. The minimum absolute atomic E-state index is 0.149. The molecule has 0 aliphatic rings. The van der Waals surface area contributed by atoms with E-state index in [1.54, 1.807) is 19.0 Å². The van der Waals surface area contributed by atoms with Crippen LogP contribution in [-0.4, -0.2) is 33.8 Å². The van der Waals surface area contributed by atoms with Crippen molar-refractivity contribution in [2.45, 2.75) is 26.3 Å². The lowest BCUT2D eigenvalue weighted by Gasteiger charge is -2.15. The van der Waals surface area contributed by atoms with Crippen molar-refractivity contribution >= 4 is 17.0 Å². The highest BCUT2D eigenvalue weighted by atomic mass is 19.3. The van der Waals surface area contributed by atoms with E-state index < -0.39 is 17.7 Å². The van der Waals surface area contributed by atoms with E-state index in [2.05, 4.69) is 15.1 Å². The summed E-state index contributed by atoms with van der Waals surface area (Å²) in [7, 11) is 3.42. The second-order valence-corrected chi connectivity index (χ2v) is 6.20. The number of fused-ring (bicyclic) bond motifs is 1.